The van der Waals surface area contributed by atoms with Crippen LogP contribution in [0.1, 0.15) is 69.2 Å². The van der Waals surface area contributed by atoms with Crippen molar-refractivity contribution in [1.82, 2.24) is 4.90 Å². The van der Waals surface area contributed by atoms with E-state index in [1.807, 2.05) is 23.1 Å². The summed E-state index contributed by atoms with van der Waals surface area (Å²) in [6.45, 7) is 4.66. The maximum absolute atomic E-state index is 12.9. The Hall–Kier alpha value is -2.17. The van der Waals surface area contributed by atoms with Gasteiger partial charge in [-0.25, -0.2) is 0 Å². The van der Waals surface area contributed by atoms with Crippen LogP contribution in [0.4, 0.5) is 0 Å². The Morgan fingerprint density at radius 3 is 2.41 bits per heavy atom. The summed E-state index contributed by atoms with van der Waals surface area (Å²) in [6, 6.07) is 9.20. The molecule has 0 radical (unpaired) electrons. The van der Waals surface area contributed by atoms with Crippen LogP contribution >= 0.6 is 0 Å². The standard InChI is InChI=1S/C22H31NO4/c1-3-27-22(26)15-16-23(19-12-8-7-9-17(19)2)21(25)14-13-20(24)18-10-5-4-6-11-18/h4-6,10-11,17,19H,3,7-9,12-16H2,1-2H3. The molecule has 0 bridgehead atoms. The van der Waals surface area contributed by atoms with Crippen LogP contribution in [0.5, 0.6) is 0 Å². The molecule has 1 aromatic rings. The van der Waals surface area contributed by atoms with Crippen LogP contribution in [0.2, 0.25) is 0 Å². The minimum Gasteiger partial charge on any atom is -0.466 e. The maximum Gasteiger partial charge on any atom is 0.307 e. The van der Waals surface area contributed by atoms with Crippen LogP contribution in [0.3, 0.4) is 0 Å². The smallest absolute Gasteiger partial charge is 0.307 e. The number of hydrogen-bond acceptors (Lipinski definition) is 4. The van der Waals surface area contributed by atoms with Crippen molar-refractivity contribution in [2.24, 2.45) is 5.92 Å². The van der Waals surface area contributed by atoms with Crippen LogP contribution < -0.4 is 0 Å². The van der Waals surface area contributed by atoms with Gasteiger partial charge in [-0.2, -0.15) is 0 Å². The fourth-order valence-corrected chi connectivity index (χ4v) is 3.81. The van der Waals surface area contributed by atoms with E-state index in [4.69, 9.17) is 4.74 Å². The second-order valence-corrected chi connectivity index (χ2v) is 7.26. The Balaban J connectivity index is 1.98. The number of esters is 1. The third-order valence-electron chi connectivity index (χ3n) is 5.31. The van der Waals surface area contributed by atoms with Gasteiger partial charge in [0, 0.05) is 31.0 Å². The number of nitrogens with zero attached hydrogens (tertiary/aromatic N) is 1. The van der Waals surface area contributed by atoms with E-state index >= 15 is 0 Å². The molecule has 27 heavy (non-hydrogen) atoms. The van der Waals surface area contributed by atoms with Gasteiger partial charge in [-0.1, -0.05) is 50.1 Å². The topological polar surface area (TPSA) is 63.7 Å². The van der Waals surface area contributed by atoms with Crippen LogP contribution in [0.15, 0.2) is 30.3 Å². The number of benzene rings is 1. The number of carbonyl (C=O) groups is 3. The summed E-state index contributed by atoms with van der Waals surface area (Å²) in [6.07, 6.45) is 4.92. The number of rotatable bonds is 9. The molecule has 1 aliphatic carbocycles. The zero-order valence-electron chi connectivity index (χ0n) is 16.5. The molecule has 2 unspecified atom stereocenters. The molecule has 1 amide bonds. The molecule has 1 aliphatic rings. The van der Waals surface area contributed by atoms with E-state index in [9.17, 15) is 14.4 Å². The van der Waals surface area contributed by atoms with Crippen LogP contribution in [0.25, 0.3) is 0 Å². The molecule has 1 fully saturated rings. The average molecular weight is 373 g/mol. The molecule has 1 aromatic carbocycles. The van der Waals surface area contributed by atoms with Crippen LogP contribution in [-0.2, 0) is 14.3 Å². The molecule has 0 saturated heterocycles. The molecule has 0 heterocycles. The lowest BCUT2D eigenvalue weighted by atomic mass is 9.84. The van der Waals surface area contributed by atoms with E-state index in [0.717, 1.165) is 19.3 Å². The molecule has 0 aliphatic heterocycles. The van der Waals surface area contributed by atoms with Crippen molar-refractivity contribution in [3.8, 4) is 0 Å². The first kappa shape index (κ1) is 21.1. The molecule has 2 atom stereocenters. The van der Waals surface area contributed by atoms with Gasteiger partial charge in [-0.3, -0.25) is 14.4 Å². The Labute approximate surface area is 162 Å². The van der Waals surface area contributed by atoms with Crippen LogP contribution in [0, 0.1) is 5.92 Å². The molecule has 0 spiro atoms. The highest BCUT2D eigenvalue weighted by molar-refractivity contribution is 5.97. The predicted octanol–water partition coefficient (Wildman–Crippen LogP) is 4.01. The van der Waals surface area contributed by atoms with Gasteiger partial charge >= 0.3 is 5.97 Å². The van der Waals surface area contributed by atoms with E-state index in [0.29, 0.717) is 24.6 Å². The quantitative estimate of drug-likeness (QED) is 0.485. The van der Waals surface area contributed by atoms with Gasteiger partial charge in [0.1, 0.15) is 0 Å². The fourth-order valence-electron chi connectivity index (χ4n) is 3.81. The van der Waals surface area contributed by atoms with E-state index in [2.05, 4.69) is 6.92 Å². The normalized spacial score (nSPS) is 19.3. The van der Waals surface area contributed by atoms with Gasteiger partial charge in [0.25, 0.3) is 0 Å². The maximum atomic E-state index is 12.9. The number of ether oxygens (including phenoxy) is 1. The van der Waals surface area contributed by atoms with Gasteiger partial charge in [0.2, 0.25) is 5.91 Å². The minimum absolute atomic E-state index is 0.0222. The monoisotopic (exact) mass is 373 g/mol. The van der Waals surface area contributed by atoms with Gasteiger partial charge in [0.15, 0.2) is 5.78 Å². The van der Waals surface area contributed by atoms with Crippen molar-refractivity contribution >= 4 is 17.7 Å². The largest absolute Gasteiger partial charge is 0.466 e. The lowest BCUT2D eigenvalue weighted by Crippen LogP contribution is -2.46. The first-order valence-electron chi connectivity index (χ1n) is 10.1. The first-order chi connectivity index (χ1) is 13.0. The number of ketones is 1. The first-order valence-corrected chi connectivity index (χ1v) is 10.1. The van der Waals surface area contributed by atoms with Crippen LogP contribution in [-0.4, -0.2) is 41.8 Å². The summed E-state index contributed by atoms with van der Waals surface area (Å²) < 4.78 is 5.01. The highest BCUT2D eigenvalue weighted by Crippen LogP contribution is 2.29. The molecule has 148 valence electrons. The molecule has 1 saturated carbocycles. The molecule has 5 heteroatoms. The number of hydrogen-bond donors (Lipinski definition) is 0. The lowest BCUT2D eigenvalue weighted by molar-refractivity contribution is -0.145. The van der Waals surface area contributed by atoms with E-state index in [-0.39, 0.29) is 43.0 Å². The highest BCUT2D eigenvalue weighted by atomic mass is 16.5. The van der Waals surface area contributed by atoms with Crippen molar-refractivity contribution in [3.05, 3.63) is 35.9 Å². The zero-order valence-corrected chi connectivity index (χ0v) is 16.5. The molecule has 5 nitrogen and oxygen atoms in total. The lowest BCUT2D eigenvalue weighted by Gasteiger charge is -2.38. The van der Waals surface area contributed by atoms with Crippen molar-refractivity contribution < 1.29 is 19.1 Å². The summed E-state index contributed by atoms with van der Waals surface area (Å²) in [5.74, 6) is 0.0714. The number of amides is 1. The van der Waals surface area contributed by atoms with Gasteiger partial charge in [-0.15, -0.1) is 0 Å². The summed E-state index contributed by atoms with van der Waals surface area (Å²) in [4.78, 5) is 38.8. The summed E-state index contributed by atoms with van der Waals surface area (Å²) >= 11 is 0. The van der Waals surface area contributed by atoms with E-state index in [1.165, 1.54) is 6.42 Å². The average Bonchev–Trinajstić information content (AvgIpc) is 2.68. The van der Waals surface area contributed by atoms with Crippen molar-refractivity contribution in [2.45, 2.75) is 64.8 Å². The second kappa shape index (κ2) is 10.9. The van der Waals surface area contributed by atoms with E-state index < -0.39 is 0 Å². The number of Topliss-reactive ketones (excluding diaryl/α,β-unsaturated/α-hetero) is 1. The van der Waals surface area contributed by atoms with Gasteiger partial charge < -0.3 is 9.64 Å². The summed E-state index contributed by atoms with van der Waals surface area (Å²) in [5.41, 5.74) is 0.634. The van der Waals surface area contributed by atoms with Gasteiger partial charge in [0.05, 0.1) is 13.0 Å². The Morgan fingerprint density at radius 1 is 1.04 bits per heavy atom. The van der Waals surface area contributed by atoms with Crippen molar-refractivity contribution in [3.63, 3.8) is 0 Å². The fraction of sp³-hybridized carbons (Fsp3) is 0.591. The van der Waals surface area contributed by atoms with Gasteiger partial charge in [-0.05, 0) is 25.7 Å². The predicted molar refractivity (Wildman–Crippen MR) is 104 cm³/mol. The molecular formula is C22H31NO4. The Bertz CT molecular complexity index is 628. The summed E-state index contributed by atoms with van der Waals surface area (Å²) in [7, 11) is 0. The highest BCUT2D eigenvalue weighted by Gasteiger charge is 2.30. The third-order valence-corrected chi connectivity index (χ3v) is 5.31. The molecule has 2 rings (SSSR count). The Kier molecular flexibility index (Phi) is 8.49. The molecule has 0 aromatic heterocycles. The minimum atomic E-state index is -0.279. The van der Waals surface area contributed by atoms with Crippen molar-refractivity contribution in [2.75, 3.05) is 13.2 Å². The third kappa shape index (κ3) is 6.49. The number of carbonyl (C=O) groups excluding carboxylic acids is 3. The Morgan fingerprint density at radius 2 is 1.74 bits per heavy atom. The summed E-state index contributed by atoms with van der Waals surface area (Å²) in [5, 5.41) is 0. The van der Waals surface area contributed by atoms with Crippen molar-refractivity contribution in [1.29, 1.82) is 0 Å². The SMILES string of the molecule is CCOC(=O)CCN(C(=O)CCC(=O)c1ccccc1)C1CCCCC1C. The molecular weight excluding hydrogens is 342 g/mol. The second-order valence-electron chi connectivity index (χ2n) is 7.26. The van der Waals surface area contributed by atoms with E-state index in [1.54, 1.807) is 19.1 Å². The zero-order chi connectivity index (χ0) is 19.6. The molecule has 0 N–H and O–H groups in total.